The number of amides is 1. The van der Waals surface area contributed by atoms with Crippen LogP contribution < -0.4 is 0 Å². The van der Waals surface area contributed by atoms with Crippen molar-refractivity contribution < 1.29 is 13.6 Å². The maximum Gasteiger partial charge on any atom is 0.294 e. The van der Waals surface area contributed by atoms with Crippen LogP contribution in [0, 0.1) is 6.92 Å². The van der Waals surface area contributed by atoms with E-state index in [0.717, 1.165) is 0 Å². The van der Waals surface area contributed by atoms with Gasteiger partial charge in [-0.25, -0.2) is 4.98 Å². The first-order chi connectivity index (χ1) is 10.2. The first kappa shape index (κ1) is 13.2. The third-order valence-corrected chi connectivity index (χ3v) is 2.93. The van der Waals surface area contributed by atoms with Crippen LogP contribution in [0.1, 0.15) is 28.0 Å². The summed E-state index contributed by atoms with van der Waals surface area (Å²) >= 11 is 0. The summed E-state index contributed by atoms with van der Waals surface area (Å²) in [5.74, 6) is 1.80. The van der Waals surface area contributed by atoms with Gasteiger partial charge in [0.25, 0.3) is 5.91 Å². The summed E-state index contributed by atoms with van der Waals surface area (Å²) in [7, 11) is 0. The van der Waals surface area contributed by atoms with Crippen LogP contribution in [-0.2, 0) is 13.1 Å². The van der Waals surface area contributed by atoms with Gasteiger partial charge in [0.05, 0.1) is 25.6 Å². The van der Waals surface area contributed by atoms with Gasteiger partial charge >= 0.3 is 0 Å². The van der Waals surface area contributed by atoms with Gasteiger partial charge in [-0.2, -0.15) is 0 Å². The van der Waals surface area contributed by atoms with E-state index in [0.29, 0.717) is 30.4 Å². The van der Waals surface area contributed by atoms with Crippen LogP contribution in [0.2, 0.25) is 0 Å². The number of nitrogens with one attached hydrogen (secondary N) is 1. The van der Waals surface area contributed by atoms with Crippen molar-refractivity contribution in [2.24, 2.45) is 0 Å². The fourth-order valence-corrected chi connectivity index (χ4v) is 1.96. The van der Waals surface area contributed by atoms with E-state index in [9.17, 15) is 4.79 Å². The molecule has 0 atom stereocenters. The number of aryl methyl sites for hydroxylation is 1. The number of carbonyl (C=O) groups is 1. The summed E-state index contributed by atoms with van der Waals surface area (Å²) in [5.41, 5.74) is 0. The van der Waals surface area contributed by atoms with Crippen molar-refractivity contribution in [3.05, 3.63) is 60.0 Å². The number of hydrogen-bond acceptors (Lipinski definition) is 5. The van der Waals surface area contributed by atoms with Gasteiger partial charge in [-0.05, 0) is 31.2 Å². The fourth-order valence-electron chi connectivity index (χ4n) is 1.96. The molecule has 0 aliphatic carbocycles. The third-order valence-electron chi connectivity index (χ3n) is 2.93. The molecule has 0 spiro atoms. The average Bonchev–Trinajstić information content (AvgIpc) is 3.19. The van der Waals surface area contributed by atoms with Crippen molar-refractivity contribution >= 4 is 5.91 Å². The van der Waals surface area contributed by atoms with E-state index in [1.807, 2.05) is 12.1 Å². The van der Waals surface area contributed by atoms with Gasteiger partial charge in [-0.1, -0.05) is 0 Å². The SMILES string of the molecule is Cc1nc(C(=O)N(Cc2ccco2)Cc2ccco2)n[nH]1. The highest BCUT2D eigenvalue weighted by Crippen LogP contribution is 2.13. The fraction of sp³-hybridized carbons (Fsp3) is 0.214. The molecule has 0 radical (unpaired) electrons. The smallest absolute Gasteiger partial charge is 0.294 e. The van der Waals surface area contributed by atoms with Gasteiger partial charge in [0, 0.05) is 0 Å². The van der Waals surface area contributed by atoms with E-state index in [-0.39, 0.29) is 11.7 Å². The summed E-state index contributed by atoms with van der Waals surface area (Å²) in [6.07, 6.45) is 3.14. The van der Waals surface area contributed by atoms with Gasteiger partial charge in [0.1, 0.15) is 17.3 Å². The second-order valence-corrected chi connectivity index (χ2v) is 4.56. The molecule has 108 valence electrons. The highest BCUT2D eigenvalue weighted by molar-refractivity contribution is 5.90. The van der Waals surface area contributed by atoms with Gasteiger partial charge < -0.3 is 13.7 Å². The first-order valence-corrected chi connectivity index (χ1v) is 6.45. The molecule has 0 bridgehead atoms. The van der Waals surface area contributed by atoms with Crippen LogP contribution in [0.5, 0.6) is 0 Å². The maximum atomic E-state index is 12.5. The van der Waals surface area contributed by atoms with E-state index >= 15 is 0 Å². The molecular formula is C14H14N4O3. The summed E-state index contributed by atoms with van der Waals surface area (Å²) in [6, 6.07) is 7.18. The number of rotatable bonds is 5. The van der Waals surface area contributed by atoms with Crippen LogP contribution in [0.25, 0.3) is 0 Å². The molecule has 1 N–H and O–H groups in total. The minimum absolute atomic E-state index is 0.130. The van der Waals surface area contributed by atoms with Crippen LogP contribution in [0.3, 0.4) is 0 Å². The molecule has 0 fully saturated rings. The Morgan fingerprint density at radius 1 is 1.19 bits per heavy atom. The molecule has 0 aliphatic rings. The summed E-state index contributed by atoms with van der Waals surface area (Å²) in [6.45, 7) is 2.38. The van der Waals surface area contributed by atoms with Crippen molar-refractivity contribution in [3.8, 4) is 0 Å². The highest BCUT2D eigenvalue weighted by Gasteiger charge is 2.22. The van der Waals surface area contributed by atoms with E-state index in [1.54, 1.807) is 36.5 Å². The second-order valence-electron chi connectivity index (χ2n) is 4.56. The predicted molar refractivity (Wildman–Crippen MR) is 72.1 cm³/mol. The molecule has 3 aromatic rings. The van der Waals surface area contributed by atoms with Gasteiger partial charge in [-0.3, -0.25) is 9.89 Å². The molecule has 7 heteroatoms. The van der Waals surface area contributed by atoms with Crippen molar-refractivity contribution in [2.45, 2.75) is 20.0 Å². The van der Waals surface area contributed by atoms with Crippen LogP contribution in [0.15, 0.2) is 45.6 Å². The van der Waals surface area contributed by atoms with Crippen molar-refractivity contribution in [1.29, 1.82) is 0 Å². The van der Waals surface area contributed by atoms with E-state index in [2.05, 4.69) is 15.2 Å². The normalized spacial score (nSPS) is 10.7. The van der Waals surface area contributed by atoms with Gasteiger partial charge in [-0.15, -0.1) is 5.10 Å². The Hall–Kier alpha value is -2.83. The topological polar surface area (TPSA) is 88.2 Å². The van der Waals surface area contributed by atoms with Gasteiger partial charge in [0.2, 0.25) is 5.82 Å². The molecule has 0 aromatic carbocycles. The zero-order valence-electron chi connectivity index (χ0n) is 11.4. The first-order valence-electron chi connectivity index (χ1n) is 6.45. The van der Waals surface area contributed by atoms with Crippen molar-refractivity contribution in [1.82, 2.24) is 20.1 Å². The van der Waals surface area contributed by atoms with Crippen molar-refractivity contribution in [3.63, 3.8) is 0 Å². The molecule has 3 heterocycles. The zero-order valence-corrected chi connectivity index (χ0v) is 11.4. The van der Waals surface area contributed by atoms with E-state index in [4.69, 9.17) is 8.83 Å². The number of hydrogen-bond donors (Lipinski definition) is 1. The molecular weight excluding hydrogens is 272 g/mol. The zero-order chi connectivity index (χ0) is 14.7. The number of carbonyl (C=O) groups excluding carboxylic acids is 1. The van der Waals surface area contributed by atoms with Crippen LogP contribution in [-0.4, -0.2) is 26.0 Å². The van der Waals surface area contributed by atoms with Crippen LogP contribution >= 0.6 is 0 Å². The lowest BCUT2D eigenvalue weighted by Gasteiger charge is -2.18. The summed E-state index contributed by atoms with van der Waals surface area (Å²) in [4.78, 5) is 18.1. The summed E-state index contributed by atoms with van der Waals surface area (Å²) < 4.78 is 10.6. The average molecular weight is 286 g/mol. The van der Waals surface area contributed by atoms with E-state index < -0.39 is 0 Å². The molecule has 3 aromatic heterocycles. The Morgan fingerprint density at radius 3 is 2.24 bits per heavy atom. The number of H-pyrrole nitrogens is 1. The molecule has 0 saturated carbocycles. The molecule has 1 amide bonds. The Morgan fingerprint density at radius 2 is 1.81 bits per heavy atom. The van der Waals surface area contributed by atoms with Crippen LogP contribution in [0.4, 0.5) is 0 Å². The Labute approximate surface area is 120 Å². The monoisotopic (exact) mass is 286 g/mol. The summed E-state index contributed by atoms with van der Waals surface area (Å²) in [5, 5.41) is 6.57. The molecule has 7 nitrogen and oxygen atoms in total. The Bertz CT molecular complexity index is 664. The van der Waals surface area contributed by atoms with Gasteiger partial charge in [0.15, 0.2) is 0 Å². The lowest BCUT2D eigenvalue weighted by atomic mass is 10.3. The lowest BCUT2D eigenvalue weighted by Crippen LogP contribution is -2.30. The molecule has 0 unspecified atom stereocenters. The minimum atomic E-state index is -0.285. The number of nitrogens with zero attached hydrogens (tertiary/aromatic N) is 3. The quantitative estimate of drug-likeness (QED) is 0.776. The largest absolute Gasteiger partial charge is 0.467 e. The standard InChI is InChI=1S/C14H14N4O3/c1-10-15-13(17-16-10)14(19)18(8-11-4-2-6-20-11)9-12-5-3-7-21-12/h2-7H,8-9H2,1H3,(H,15,16,17). The number of aromatic amines is 1. The minimum Gasteiger partial charge on any atom is -0.467 e. The molecule has 0 aliphatic heterocycles. The molecule has 0 saturated heterocycles. The molecule has 3 rings (SSSR count). The van der Waals surface area contributed by atoms with Crippen molar-refractivity contribution in [2.75, 3.05) is 0 Å². The van der Waals surface area contributed by atoms with E-state index in [1.165, 1.54) is 0 Å². The lowest BCUT2D eigenvalue weighted by molar-refractivity contribution is 0.0692. The Balaban J connectivity index is 1.82. The second kappa shape index (κ2) is 5.66. The Kier molecular flexibility index (Phi) is 3.55. The molecule has 21 heavy (non-hydrogen) atoms. The highest BCUT2D eigenvalue weighted by atomic mass is 16.3. The third kappa shape index (κ3) is 3.02. The maximum absolute atomic E-state index is 12.5. The predicted octanol–water partition coefficient (Wildman–Crippen LogP) is 2.14. The number of furan rings is 2. The number of aromatic nitrogens is 3.